The highest BCUT2D eigenvalue weighted by atomic mass is 16.5. The van der Waals surface area contributed by atoms with Gasteiger partial charge in [-0.1, -0.05) is 12.1 Å². The summed E-state index contributed by atoms with van der Waals surface area (Å²) in [6.07, 6.45) is 0. The normalized spacial score (nSPS) is 11.5. The standard InChI is InChI=1S/C19H23N3O3/c1-13(20-12-15-4-10-18(25-3)11-5-15)19(24)22-17-8-6-16(7-9-17)21-14(2)23/h4-11,13,20H,12H2,1-3H3,(H,21,23)(H,22,24)/t13-/m1/s1. The summed E-state index contributed by atoms with van der Waals surface area (Å²) < 4.78 is 5.12. The van der Waals surface area contributed by atoms with Crippen LogP contribution < -0.4 is 20.7 Å². The zero-order chi connectivity index (χ0) is 18.2. The fourth-order valence-corrected chi connectivity index (χ4v) is 2.20. The first-order chi connectivity index (χ1) is 12.0. The highest BCUT2D eigenvalue weighted by molar-refractivity contribution is 5.95. The number of methoxy groups -OCH3 is 1. The molecule has 0 saturated heterocycles. The summed E-state index contributed by atoms with van der Waals surface area (Å²) in [5, 5.41) is 8.71. The molecule has 6 heteroatoms. The molecule has 2 aromatic rings. The Bertz CT molecular complexity index is 712. The molecule has 0 aromatic heterocycles. The number of hydrogen-bond acceptors (Lipinski definition) is 4. The third kappa shape index (κ3) is 5.93. The lowest BCUT2D eigenvalue weighted by Crippen LogP contribution is -2.37. The van der Waals surface area contributed by atoms with Crippen LogP contribution in [-0.4, -0.2) is 25.0 Å². The van der Waals surface area contributed by atoms with Gasteiger partial charge in [0.05, 0.1) is 13.2 Å². The van der Waals surface area contributed by atoms with Gasteiger partial charge in [0.25, 0.3) is 0 Å². The van der Waals surface area contributed by atoms with Crippen LogP contribution in [-0.2, 0) is 16.1 Å². The van der Waals surface area contributed by atoms with Crippen molar-refractivity contribution in [1.82, 2.24) is 5.32 Å². The molecule has 0 radical (unpaired) electrons. The fraction of sp³-hybridized carbons (Fsp3) is 0.263. The van der Waals surface area contributed by atoms with Gasteiger partial charge in [-0.05, 0) is 48.9 Å². The third-order valence-corrected chi connectivity index (χ3v) is 3.64. The van der Waals surface area contributed by atoms with Gasteiger partial charge in [0.1, 0.15) is 5.75 Å². The Kier molecular flexibility index (Phi) is 6.54. The van der Waals surface area contributed by atoms with Crippen LogP contribution in [0.5, 0.6) is 5.75 Å². The Morgan fingerprint density at radius 3 is 2.04 bits per heavy atom. The minimum absolute atomic E-state index is 0.124. The van der Waals surface area contributed by atoms with E-state index in [0.29, 0.717) is 17.9 Å². The number of hydrogen-bond donors (Lipinski definition) is 3. The maximum Gasteiger partial charge on any atom is 0.241 e. The second kappa shape index (κ2) is 8.84. The van der Waals surface area contributed by atoms with E-state index >= 15 is 0 Å². The number of carbonyl (C=O) groups is 2. The Hall–Kier alpha value is -2.86. The first kappa shape index (κ1) is 18.5. The Morgan fingerprint density at radius 2 is 1.52 bits per heavy atom. The number of nitrogens with one attached hydrogen (secondary N) is 3. The van der Waals surface area contributed by atoms with E-state index in [9.17, 15) is 9.59 Å². The molecule has 0 unspecified atom stereocenters. The molecule has 0 aliphatic carbocycles. The maximum atomic E-state index is 12.2. The van der Waals surface area contributed by atoms with Crippen molar-refractivity contribution in [2.45, 2.75) is 26.4 Å². The largest absolute Gasteiger partial charge is 0.497 e. The minimum Gasteiger partial charge on any atom is -0.497 e. The molecule has 3 N–H and O–H groups in total. The van der Waals surface area contributed by atoms with E-state index < -0.39 is 0 Å². The van der Waals surface area contributed by atoms with Gasteiger partial charge in [0, 0.05) is 24.8 Å². The highest BCUT2D eigenvalue weighted by Gasteiger charge is 2.12. The average Bonchev–Trinajstić information content (AvgIpc) is 2.61. The van der Waals surface area contributed by atoms with E-state index in [0.717, 1.165) is 11.3 Å². The molecule has 6 nitrogen and oxygen atoms in total. The smallest absolute Gasteiger partial charge is 0.241 e. The molecule has 25 heavy (non-hydrogen) atoms. The molecular weight excluding hydrogens is 318 g/mol. The molecule has 0 bridgehead atoms. The quantitative estimate of drug-likeness (QED) is 0.723. The van der Waals surface area contributed by atoms with Gasteiger partial charge in [-0.3, -0.25) is 9.59 Å². The number of rotatable bonds is 7. The van der Waals surface area contributed by atoms with Crippen molar-refractivity contribution in [2.75, 3.05) is 17.7 Å². The molecule has 2 rings (SSSR count). The molecule has 1 atom stereocenters. The van der Waals surface area contributed by atoms with Crippen molar-refractivity contribution in [1.29, 1.82) is 0 Å². The molecule has 0 aliphatic rings. The van der Waals surface area contributed by atoms with Crippen molar-refractivity contribution >= 4 is 23.2 Å². The first-order valence-electron chi connectivity index (χ1n) is 8.03. The van der Waals surface area contributed by atoms with Crippen LogP contribution in [0.25, 0.3) is 0 Å². The van der Waals surface area contributed by atoms with E-state index in [1.807, 2.05) is 31.2 Å². The molecule has 2 amide bonds. The van der Waals surface area contributed by atoms with Gasteiger partial charge in [-0.15, -0.1) is 0 Å². The van der Waals surface area contributed by atoms with Gasteiger partial charge in [0.2, 0.25) is 11.8 Å². The SMILES string of the molecule is COc1ccc(CN[C@H](C)C(=O)Nc2ccc(NC(C)=O)cc2)cc1. The number of carbonyl (C=O) groups excluding carboxylic acids is 2. The molecule has 2 aromatic carbocycles. The molecule has 0 saturated carbocycles. The van der Waals surface area contributed by atoms with E-state index in [-0.39, 0.29) is 17.9 Å². The van der Waals surface area contributed by atoms with E-state index in [2.05, 4.69) is 16.0 Å². The third-order valence-electron chi connectivity index (χ3n) is 3.64. The van der Waals surface area contributed by atoms with E-state index in [1.54, 1.807) is 31.4 Å². The predicted octanol–water partition coefficient (Wildman–Crippen LogP) is 2.77. The minimum atomic E-state index is -0.350. The maximum absolute atomic E-state index is 12.2. The summed E-state index contributed by atoms with van der Waals surface area (Å²) in [5.41, 5.74) is 2.44. The van der Waals surface area contributed by atoms with E-state index in [4.69, 9.17) is 4.74 Å². The highest BCUT2D eigenvalue weighted by Crippen LogP contribution is 2.14. The van der Waals surface area contributed by atoms with Crippen LogP contribution in [0.4, 0.5) is 11.4 Å². The Balaban J connectivity index is 1.83. The van der Waals surface area contributed by atoms with Crippen molar-refractivity contribution in [2.24, 2.45) is 0 Å². The van der Waals surface area contributed by atoms with Crippen LogP contribution in [0.1, 0.15) is 19.4 Å². The fourth-order valence-electron chi connectivity index (χ4n) is 2.20. The van der Waals surface area contributed by atoms with Gasteiger partial charge in [0.15, 0.2) is 0 Å². The Labute approximate surface area is 147 Å². The summed E-state index contributed by atoms with van der Waals surface area (Å²) in [7, 11) is 1.63. The average molecular weight is 341 g/mol. The van der Waals surface area contributed by atoms with Crippen LogP contribution >= 0.6 is 0 Å². The lowest BCUT2D eigenvalue weighted by atomic mass is 10.2. The number of anilines is 2. The second-order valence-electron chi connectivity index (χ2n) is 5.70. The molecule has 132 valence electrons. The molecule has 0 heterocycles. The van der Waals surface area contributed by atoms with Crippen LogP contribution in [0.2, 0.25) is 0 Å². The first-order valence-corrected chi connectivity index (χ1v) is 8.03. The molecule has 0 spiro atoms. The number of amides is 2. The number of ether oxygens (including phenoxy) is 1. The van der Waals surface area contributed by atoms with E-state index in [1.165, 1.54) is 6.92 Å². The van der Waals surface area contributed by atoms with Gasteiger partial charge < -0.3 is 20.7 Å². The lowest BCUT2D eigenvalue weighted by Gasteiger charge is -2.14. The van der Waals surface area contributed by atoms with Crippen molar-refractivity contribution in [3.63, 3.8) is 0 Å². The zero-order valence-corrected chi connectivity index (χ0v) is 14.6. The molecular formula is C19H23N3O3. The topological polar surface area (TPSA) is 79.5 Å². The van der Waals surface area contributed by atoms with Crippen LogP contribution in [0, 0.1) is 0 Å². The van der Waals surface area contributed by atoms with Crippen molar-refractivity contribution in [3.05, 3.63) is 54.1 Å². The van der Waals surface area contributed by atoms with Crippen LogP contribution in [0.3, 0.4) is 0 Å². The van der Waals surface area contributed by atoms with Crippen LogP contribution in [0.15, 0.2) is 48.5 Å². The zero-order valence-electron chi connectivity index (χ0n) is 14.6. The van der Waals surface area contributed by atoms with Gasteiger partial charge in [-0.25, -0.2) is 0 Å². The summed E-state index contributed by atoms with van der Waals surface area (Å²) in [4.78, 5) is 23.2. The second-order valence-corrected chi connectivity index (χ2v) is 5.70. The lowest BCUT2D eigenvalue weighted by molar-refractivity contribution is -0.118. The van der Waals surface area contributed by atoms with Gasteiger partial charge >= 0.3 is 0 Å². The summed E-state index contributed by atoms with van der Waals surface area (Å²) in [6, 6.07) is 14.3. The summed E-state index contributed by atoms with van der Waals surface area (Å²) in [6.45, 7) is 3.84. The Morgan fingerprint density at radius 1 is 0.960 bits per heavy atom. The summed E-state index contributed by atoms with van der Waals surface area (Å²) in [5.74, 6) is 0.547. The van der Waals surface area contributed by atoms with Crippen molar-refractivity contribution in [3.8, 4) is 5.75 Å². The van der Waals surface area contributed by atoms with Crippen molar-refractivity contribution < 1.29 is 14.3 Å². The van der Waals surface area contributed by atoms with Gasteiger partial charge in [-0.2, -0.15) is 0 Å². The molecule has 0 aliphatic heterocycles. The molecule has 0 fully saturated rings. The number of benzene rings is 2. The predicted molar refractivity (Wildman–Crippen MR) is 98.7 cm³/mol. The monoisotopic (exact) mass is 341 g/mol. The summed E-state index contributed by atoms with van der Waals surface area (Å²) >= 11 is 0.